The molecular weight excluding hydrogens is 352 g/mol. The van der Waals surface area contributed by atoms with Gasteiger partial charge in [-0.1, -0.05) is 129 Å². The number of aryl methyl sites for hydroxylation is 2. The van der Waals surface area contributed by atoms with E-state index in [0.29, 0.717) is 0 Å². The highest BCUT2D eigenvalue weighted by Gasteiger charge is 2.05. The van der Waals surface area contributed by atoms with Gasteiger partial charge in [0.15, 0.2) is 0 Å². The van der Waals surface area contributed by atoms with Gasteiger partial charge in [0, 0.05) is 5.69 Å². The van der Waals surface area contributed by atoms with E-state index in [1.807, 2.05) is 6.33 Å². The van der Waals surface area contributed by atoms with Crippen molar-refractivity contribution in [3.8, 4) is 0 Å². The van der Waals surface area contributed by atoms with Gasteiger partial charge in [0.1, 0.15) is 0 Å². The molecule has 1 rings (SSSR count). The number of hydrogen-bond acceptors (Lipinski definition) is 1. The van der Waals surface area contributed by atoms with Crippen molar-refractivity contribution in [1.29, 1.82) is 0 Å². The Labute approximate surface area is 183 Å². The quantitative estimate of drug-likeness (QED) is 0.192. The van der Waals surface area contributed by atoms with Gasteiger partial charge in [0.25, 0.3) is 0 Å². The minimum atomic E-state index is 1.17. The highest BCUT2D eigenvalue weighted by Crippen LogP contribution is 2.16. The predicted molar refractivity (Wildman–Crippen MR) is 130 cm³/mol. The summed E-state index contributed by atoms with van der Waals surface area (Å²) in [7, 11) is 0. The first-order valence-corrected chi connectivity index (χ1v) is 13.4. The van der Waals surface area contributed by atoms with E-state index in [0.717, 1.165) is 0 Å². The standard InChI is InChI=1S/C27H52N2/c1-3-5-7-9-11-13-15-17-19-21-23-26-27(29-25-28-26)24-22-20-18-16-14-12-10-8-6-4-2/h25H,3-24H2,1-2H3,(H,28,29). The van der Waals surface area contributed by atoms with Gasteiger partial charge in [-0.15, -0.1) is 0 Å². The van der Waals surface area contributed by atoms with Crippen LogP contribution in [0.25, 0.3) is 0 Å². The number of imidazole rings is 1. The van der Waals surface area contributed by atoms with Gasteiger partial charge >= 0.3 is 0 Å². The van der Waals surface area contributed by atoms with Crippen LogP contribution in [0.1, 0.15) is 154 Å². The Balaban J connectivity index is 1.93. The normalized spacial score (nSPS) is 11.4. The van der Waals surface area contributed by atoms with Crippen molar-refractivity contribution in [3.63, 3.8) is 0 Å². The highest BCUT2D eigenvalue weighted by atomic mass is 14.9. The Bertz CT molecular complexity index is 399. The smallest absolute Gasteiger partial charge is 0.0925 e. The predicted octanol–water partition coefficient (Wildman–Crippen LogP) is 9.34. The Morgan fingerprint density at radius 1 is 0.517 bits per heavy atom. The third kappa shape index (κ3) is 15.7. The maximum absolute atomic E-state index is 4.60. The van der Waals surface area contributed by atoms with Crippen LogP contribution in [-0.2, 0) is 12.8 Å². The van der Waals surface area contributed by atoms with Crippen molar-refractivity contribution in [2.75, 3.05) is 0 Å². The number of nitrogens with one attached hydrogen (secondary N) is 1. The van der Waals surface area contributed by atoms with Crippen molar-refractivity contribution in [2.24, 2.45) is 0 Å². The van der Waals surface area contributed by atoms with Gasteiger partial charge in [-0.2, -0.15) is 0 Å². The molecule has 0 atom stereocenters. The summed E-state index contributed by atoms with van der Waals surface area (Å²) in [5.41, 5.74) is 2.76. The lowest BCUT2D eigenvalue weighted by Crippen LogP contribution is -1.95. The molecule has 1 N–H and O–H groups in total. The zero-order valence-electron chi connectivity index (χ0n) is 20.1. The lowest BCUT2D eigenvalue weighted by Gasteiger charge is -2.05. The van der Waals surface area contributed by atoms with Crippen LogP contribution in [0.3, 0.4) is 0 Å². The molecular formula is C27H52N2. The van der Waals surface area contributed by atoms with E-state index in [-0.39, 0.29) is 0 Å². The average molecular weight is 405 g/mol. The van der Waals surface area contributed by atoms with Crippen molar-refractivity contribution >= 4 is 0 Å². The molecule has 0 aliphatic heterocycles. The molecule has 0 fully saturated rings. The largest absolute Gasteiger partial charge is 0.348 e. The van der Waals surface area contributed by atoms with Gasteiger partial charge in [-0.25, -0.2) is 4.98 Å². The zero-order valence-corrected chi connectivity index (χ0v) is 20.1. The number of nitrogens with zero attached hydrogens (tertiary/aromatic N) is 1. The van der Waals surface area contributed by atoms with Crippen LogP contribution in [0, 0.1) is 0 Å². The number of rotatable bonds is 22. The second-order valence-electron chi connectivity index (χ2n) is 9.19. The Morgan fingerprint density at radius 2 is 0.897 bits per heavy atom. The second kappa shape index (κ2) is 20.5. The fourth-order valence-corrected chi connectivity index (χ4v) is 4.35. The molecule has 170 valence electrons. The summed E-state index contributed by atoms with van der Waals surface area (Å²) in [4.78, 5) is 8.01. The molecule has 0 aliphatic rings. The molecule has 0 radical (unpaired) electrons. The third-order valence-corrected chi connectivity index (χ3v) is 6.35. The number of unbranched alkanes of at least 4 members (excludes halogenated alkanes) is 18. The fraction of sp³-hybridized carbons (Fsp3) is 0.889. The number of hydrogen-bond donors (Lipinski definition) is 1. The van der Waals surface area contributed by atoms with Crippen molar-refractivity contribution in [3.05, 3.63) is 17.7 Å². The van der Waals surface area contributed by atoms with E-state index in [4.69, 9.17) is 0 Å². The van der Waals surface area contributed by atoms with Crippen LogP contribution in [0.4, 0.5) is 0 Å². The maximum atomic E-state index is 4.60. The fourth-order valence-electron chi connectivity index (χ4n) is 4.35. The van der Waals surface area contributed by atoms with Crippen molar-refractivity contribution < 1.29 is 0 Å². The number of aromatic amines is 1. The Kier molecular flexibility index (Phi) is 18.5. The SMILES string of the molecule is CCCCCCCCCCCCc1nc[nH]c1CCCCCCCCCCCC. The molecule has 1 aromatic rings. The van der Waals surface area contributed by atoms with Crippen LogP contribution >= 0.6 is 0 Å². The van der Waals surface area contributed by atoms with E-state index >= 15 is 0 Å². The summed E-state index contributed by atoms with van der Waals surface area (Å²) in [6, 6.07) is 0. The molecule has 0 amide bonds. The molecule has 2 heteroatoms. The van der Waals surface area contributed by atoms with Crippen LogP contribution in [-0.4, -0.2) is 9.97 Å². The number of H-pyrrole nitrogens is 1. The third-order valence-electron chi connectivity index (χ3n) is 6.35. The molecule has 2 nitrogen and oxygen atoms in total. The summed E-state index contributed by atoms with van der Waals surface area (Å²) >= 11 is 0. The first kappa shape index (κ1) is 26.2. The molecule has 0 spiro atoms. The molecule has 0 saturated heterocycles. The molecule has 0 aromatic carbocycles. The van der Waals surface area contributed by atoms with Crippen LogP contribution in [0.15, 0.2) is 6.33 Å². The molecule has 0 aliphatic carbocycles. The minimum Gasteiger partial charge on any atom is -0.348 e. The van der Waals surface area contributed by atoms with E-state index in [1.165, 1.54) is 153 Å². The van der Waals surface area contributed by atoms with Crippen LogP contribution in [0.2, 0.25) is 0 Å². The van der Waals surface area contributed by atoms with E-state index in [1.54, 1.807) is 0 Å². The van der Waals surface area contributed by atoms with Crippen LogP contribution < -0.4 is 0 Å². The summed E-state index contributed by atoms with van der Waals surface area (Å²) in [6.45, 7) is 4.59. The summed E-state index contributed by atoms with van der Waals surface area (Å²) < 4.78 is 0. The van der Waals surface area contributed by atoms with Gasteiger partial charge < -0.3 is 4.98 Å². The first-order valence-electron chi connectivity index (χ1n) is 13.4. The van der Waals surface area contributed by atoms with E-state index in [2.05, 4.69) is 23.8 Å². The lowest BCUT2D eigenvalue weighted by atomic mass is 10.0. The van der Waals surface area contributed by atoms with E-state index < -0.39 is 0 Å². The zero-order chi connectivity index (χ0) is 20.8. The molecule has 0 unspecified atom stereocenters. The van der Waals surface area contributed by atoms with E-state index in [9.17, 15) is 0 Å². The van der Waals surface area contributed by atoms with Gasteiger partial charge in [-0.05, 0) is 25.7 Å². The molecule has 0 bridgehead atoms. The molecule has 29 heavy (non-hydrogen) atoms. The first-order chi connectivity index (χ1) is 14.4. The molecule has 1 aromatic heterocycles. The van der Waals surface area contributed by atoms with Gasteiger partial charge in [0.05, 0.1) is 12.0 Å². The van der Waals surface area contributed by atoms with Crippen molar-refractivity contribution in [1.82, 2.24) is 9.97 Å². The molecule has 1 heterocycles. The lowest BCUT2D eigenvalue weighted by molar-refractivity contribution is 0.552. The van der Waals surface area contributed by atoms with Gasteiger partial charge in [0.2, 0.25) is 0 Å². The van der Waals surface area contributed by atoms with Gasteiger partial charge in [-0.3, -0.25) is 0 Å². The summed E-state index contributed by atoms with van der Waals surface area (Å²) in [6.07, 6.45) is 32.5. The average Bonchev–Trinajstić information content (AvgIpc) is 3.18. The summed E-state index contributed by atoms with van der Waals surface area (Å²) in [5.74, 6) is 0. The number of aromatic nitrogens is 2. The van der Waals surface area contributed by atoms with Crippen LogP contribution in [0.5, 0.6) is 0 Å². The minimum absolute atomic E-state index is 1.17. The second-order valence-corrected chi connectivity index (χ2v) is 9.19. The Morgan fingerprint density at radius 3 is 1.34 bits per heavy atom. The van der Waals surface area contributed by atoms with Crippen molar-refractivity contribution in [2.45, 2.75) is 155 Å². The monoisotopic (exact) mass is 404 g/mol. The molecule has 0 saturated carbocycles. The maximum Gasteiger partial charge on any atom is 0.0925 e. The highest BCUT2D eigenvalue weighted by molar-refractivity contribution is 5.11. The summed E-state index contributed by atoms with van der Waals surface area (Å²) in [5, 5.41) is 0. The topological polar surface area (TPSA) is 28.7 Å². The Hall–Kier alpha value is -0.790.